The van der Waals surface area contributed by atoms with E-state index in [1.807, 2.05) is 13.0 Å². The number of hydrogen-bond donors (Lipinski definition) is 3. The Balaban J connectivity index is 2.75. The molecule has 1 rings (SSSR count). The van der Waals surface area contributed by atoms with Gasteiger partial charge in [0.05, 0.1) is 12.7 Å². The largest absolute Gasteiger partial charge is 0.394 e. The molecule has 0 aliphatic carbocycles. The maximum absolute atomic E-state index is 9.33. The molecule has 18 heavy (non-hydrogen) atoms. The third kappa shape index (κ3) is 5.20. The van der Waals surface area contributed by atoms with E-state index in [1.54, 1.807) is 0 Å². The maximum atomic E-state index is 9.33. The first-order valence-corrected chi connectivity index (χ1v) is 7.21. The fourth-order valence-corrected chi connectivity index (χ4v) is 2.22. The summed E-state index contributed by atoms with van der Waals surface area (Å²) in [5.74, 6) is 2.07. The maximum Gasteiger partial charge on any atom is 0.132 e. The van der Waals surface area contributed by atoms with Crippen LogP contribution in [-0.4, -0.2) is 45.2 Å². The van der Waals surface area contributed by atoms with Crippen LogP contribution in [0.4, 0.5) is 5.82 Å². The van der Waals surface area contributed by atoms with Crippen molar-refractivity contribution in [1.82, 2.24) is 9.97 Å². The lowest BCUT2D eigenvalue weighted by Gasteiger charge is -2.09. The van der Waals surface area contributed by atoms with Gasteiger partial charge in [-0.2, -0.15) is 0 Å². The highest BCUT2D eigenvalue weighted by molar-refractivity contribution is 7.99. The number of nitrogens with one attached hydrogen (secondary N) is 1. The van der Waals surface area contributed by atoms with Gasteiger partial charge in [-0.15, -0.1) is 11.8 Å². The molecule has 0 bridgehead atoms. The van der Waals surface area contributed by atoms with Gasteiger partial charge >= 0.3 is 0 Å². The Labute approximate surface area is 112 Å². The third-order valence-electron chi connectivity index (χ3n) is 2.21. The van der Waals surface area contributed by atoms with Crippen LogP contribution in [0.1, 0.15) is 26.1 Å². The Kier molecular flexibility index (Phi) is 7.00. The highest BCUT2D eigenvalue weighted by atomic mass is 32.2. The fraction of sp³-hybridized carbons (Fsp3) is 0.667. The van der Waals surface area contributed by atoms with Crippen molar-refractivity contribution in [2.75, 3.05) is 24.2 Å². The highest BCUT2D eigenvalue weighted by Gasteiger charge is 2.07. The quantitative estimate of drug-likeness (QED) is 0.489. The van der Waals surface area contributed by atoms with Crippen LogP contribution < -0.4 is 5.32 Å². The van der Waals surface area contributed by atoms with Crippen LogP contribution in [0.3, 0.4) is 0 Å². The summed E-state index contributed by atoms with van der Waals surface area (Å²) in [7, 11) is 0. The molecule has 0 aliphatic heterocycles. The molecule has 0 saturated carbocycles. The van der Waals surface area contributed by atoms with Gasteiger partial charge in [-0.05, 0) is 13.3 Å². The summed E-state index contributed by atoms with van der Waals surface area (Å²) in [6, 6.07) is 1.87. The number of hydrogen-bond acceptors (Lipinski definition) is 6. The van der Waals surface area contributed by atoms with E-state index in [-0.39, 0.29) is 6.61 Å². The molecular weight excluding hydrogens is 250 g/mol. The molecule has 1 aromatic rings. The first kappa shape index (κ1) is 15.2. The molecule has 0 amide bonds. The summed E-state index contributed by atoms with van der Waals surface area (Å²) < 4.78 is 0. The summed E-state index contributed by atoms with van der Waals surface area (Å²) in [4.78, 5) is 8.84. The molecule has 5 nitrogen and oxygen atoms in total. The summed E-state index contributed by atoms with van der Waals surface area (Å²) in [5.41, 5.74) is 0. The Morgan fingerprint density at radius 2 is 2.17 bits per heavy atom. The van der Waals surface area contributed by atoms with Gasteiger partial charge in [0.2, 0.25) is 0 Å². The van der Waals surface area contributed by atoms with Gasteiger partial charge < -0.3 is 15.5 Å². The van der Waals surface area contributed by atoms with Crippen molar-refractivity contribution in [3.8, 4) is 0 Å². The highest BCUT2D eigenvalue weighted by Crippen LogP contribution is 2.20. The van der Waals surface area contributed by atoms with E-state index in [9.17, 15) is 5.11 Å². The summed E-state index contributed by atoms with van der Waals surface area (Å²) in [6.45, 7) is 4.70. The third-order valence-corrected chi connectivity index (χ3v) is 3.27. The van der Waals surface area contributed by atoms with Crippen molar-refractivity contribution in [3.63, 3.8) is 0 Å². The number of anilines is 1. The van der Waals surface area contributed by atoms with Gasteiger partial charge in [0, 0.05) is 24.8 Å². The van der Waals surface area contributed by atoms with E-state index in [1.165, 1.54) is 11.8 Å². The number of rotatable bonds is 8. The van der Waals surface area contributed by atoms with E-state index < -0.39 is 6.10 Å². The summed E-state index contributed by atoms with van der Waals surface area (Å²) >= 11 is 1.43. The minimum absolute atomic E-state index is 0.222. The zero-order valence-electron chi connectivity index (χ0n) is 10.9. The predicted molar refractivity (Wildman–Crippen MR) is 74.0 cm³/mol. The average Bonchev–Trinajstić information content (AvgIpc) is 2.36. The van der Waals surface area contributed by atoms with Gasteiger partial charge in [0.15, 0.2) is 0 Å². The second-order valence-electron chi connectivity index (χ2n) is 3.94. The Bertz CT molecular complexity index is 339. The molecule has 3 N–H and O–H groups in total. The van der Waals surface area contributed by atoms with E-state index in [4.69, 9.17) is 5.11 Å². The molecular formula is C12H21N3O2S. The monoisotopic (exact) mass is 271 g/mol. The number of aliphatic hydroxyl groups excluding tert-OH is 2. The molecule has 0 aliphatic rings. The number of aromatic nitrogens is 2. The molecule has 102 valence electrons. The Morgan fingerprint density at radius 1 is 1.39 bits per heavy atom. The second-order valence-corrected chi connectivity index (χ2v) is 4.98. The number of nitrogens with zero attached hydrogens (tertiary/aromatic N) is 2. The van der Waals surface area contributed by atoms with Crippen LogP contribution in [-0.2, 0) is 6.42 Å². The molecule has 1 atom stereocenters. The molecule has 1 unspecified atom stereocenters. The predicted octanol–water partition coefficient (Wildman–Crippen LogP) is 1.31. The van der Waals surface area contributed by atoms with Crippen molar-refractivity contribution in [3.05, 3.63) is 11.9 Å². The van der Waals surface area contributed by atoms with E-state index in [0.717, 1.165) is 36.1 Å². The molecule has 0 fully saturated rings. The summed E-state index contributed by atoms with van der Waals surface area (Å²) in [5, 5.41) is 22.1. The van der Waals surface area contributed by atoms with Crippen LogP contribution in [0.2, 0.25) is 0 Å². The number of thioether (sulfide) groups is 1. The lowest BCUT2D eigenvalue weighted by molar-refractivity contribution is 0.113. The number of aliphatic hydroxyl groups is 2. The van der Waals surface area contributed by atoms with Gasteiger partial charge in [0.1, 0.15) is 16.7 Å². The van der Waals surface area contributed by atoms with E-state index >= 15 is 0 Å². The first-order valence-electron chi connectivity index (χ1n) is 6.23. The smallest absolute Gasteiger partial charge is 0.132 e. The van der Waals surface area contributed by atoms with Gasteiger partial charge in [-0.3, -0.25) is 0 Å². The zero-order chi connectivity index (χ0) is 13.4. The lowest BCUT2D eigenvalue weighted by atomic mass is 10.3. The van der Waals surface area contributed by atoms with Crippen LogP contribution in [0.15, 0.2) is 11.1 Å². The average molecular weight is 271 g/mol. The SMILES string of the molecule is CCCc1nc(NCC)cc(SCC(O)CO)n1. The van der Waals surface area contributed by atoms with Gasteiger partial charge in [0.25, 0.3) is 0 Å². The number of aryl methyl sites for hydroxylation is 1. The van der Waals surface area contributed by atoms with Gasteiger partial charge in [-0.25, -0.2) is 9.97 Å². The molecule has 0 saturated heterocycles. The molecule has 6 heteroatoms. The van der Waals surface area contributed by atoms with Crippen LogP contribution in [0.5, 0.6) is 0 Å². The standard InChI is InChI=1S/C12H21N3O2S/c1-3-5-10-14-11(13-4-2)6-12(15-10)18-8-9(17)7-16/h6,9,16-17H,3-5,7-8H2,1-2H3,(H,13,14,15). The van der Waals surface area contributed by atoms with E-state index in [0.29, 0.717) is 5.75 Å². The van der Waals surface area contributed by atoms with Crippen LogP contribution in [0, 0.1) is 0 Å². The Morgan fingerprint density at radius 3 is 2.78 bits per heavy atom. The lowest BCUT2D eigenvalue weighted by Crippen LogP contribution is -2.15. The topological polar surface area (TPSA) is 78.3 Å². The van der Waals surface area contributed by atoms with Crippen molar-refractivity contribution in [2.24, 2.45) is 0 Å². The van der Waals surface area contributed by atoms with Crippen molar-refractivity contribution in [2.45, 2.75) is 37.8 Å². The van der Waals surface area contributed by atoms with E-state index in [2.05, 4.69) is 22.2 Å². The fourth-order valence-electron chi connectivity index (χ4n) is 1.39. The van der Waals surface area contributed by atoms with Crippen molar-refractivity contribution < 1.29 is 10.2 Å². The minimum atomic E-state index is -0.706. The molecule has 0 aromatic carbocycles. The first-order chi connectivity index (χ1) is 8.69. The molecule has 1 heterocycles. The Hall–Kier alpha value is -0.850. The van der Waals surface area contributed by atoms with Crippen LogP contribution in [0.25, 0.3) is 0 Å². The van der Waals surface area contributed by atoms with Gasteiger partial charge in [-0.1, -0.05) is 6.92 Å². The molecule has 0 radical (unpaired) electrons. The van der Waals surface area contributed by atoms with Crippen molar-refractivity contribution in [1.29, 1.82) is 0 Å². The van der Waals surface area contributed by atoms with Crippen molar-refractivity contribution >= 4 is 17.6 Å². The zero-order valence-corrected chi connectivity index (χ0v) is 11.7. The summed E-state index contributed by atoms with van der Waals surface area (Å²) in [6.07, 6.45) is 1.14. The normalized spacial score (nSPS) is 12.4. The molecule has 1 aromatic heterocycles. The van der Waals surface area contributed by atoms with Crippen LogP contribution >= 0.6 is 11.8 Å². The molecule has 0 spiro atoms. The minimum Gasteiger partial charge on any atom is -0.394 e. The second kappa shape index (κ2) is 8.29.